The van der Waals surface area contributed by atoms with Gasteiger partial charge in [-0.3, -0.25) is 0 Å². The lowest BCUT2D eigenvalue weighted by Crippen LogP contribution is -1.78. The summed E-state index contributed by atoms with van der Waals surface area (Å²) in [6, 6.07) is 15.8. The summed E-state index contributed by atoms with van der Waals surface area (Å²) < 4.78 is 6.62. The molecule has 1 N–H and O–H groups in total. The van der Waals surface area contributed by atoms with Gasteiger partial charge in [0.2, 0.25) is 0 Å². The first kappa shape index (κ1) is 14.3. The molecule has 0 aliphatic rings. The van der Waals surface area contributed by atoms with Crippen LogP contribution in [0.4, 0.5) is 0 Å². The molecule has 0 aliphatic heterocycles. The standard InChI is InChI=1S/C12H8Br2O.C2H6/c13-9-1-5-11(6-2-9)15-12-7-3-10(14)4-8-12;1-2/h1-8H;1-2H3/p+1. The number of hydrogen-bond donors (Lipinski definition) is 0. The van der Waals surface area contributed by atoms with E-state index in [2.05, 4.69) is 36.6 Å². The molecule has 1 nitrogen and oxygen atoms in total. The average Bonchev–Trinajstić information content (AvgIpc) is 2.37. The van der Waals surface area contributed by atoms with Crippen molar-refractivity contribution in [1.29, 1.82) is 0 Å². The molecule has 0 aromatic heterocycles. The highest BCUT2D eigenvalue weighted by molar-refractivity contribution is 9.10. The van der Waals surface area contributed by atoms with E-state index in [0.29, 0.717) is 0 Å². The van der Waals surface area contributed by atoms with E-state index in [1.807, 2.05) is 62.4 Å². The molecule has 3 heteroatoms. The molecule has 0 saturated carbocycles. The molecule has 17 heavy (non-hydrogen) atoms. The smallest absolute Gasteiger partial charge is 0.260 e. The van der Waals surface area contributed by atoms with Crippen molar-refractivity contribution in [3.8, 4) is 11.5 Å². The van der Waals surface area contributed by atoms with Gasteiger partial charge in [-0.15, -0.1) is 0 Å². The Hall–Kier alpha value is -0.800. The average molecular weight is 359 g/mol. The predicted octanol–water partition coefficient (Wildman–Crippen LogP) is 5.89. The molecule has 0 aliphatic carbocycles. The van der Waals surface area contributed by atoms with Crippen molar-refractivity contribution in [2.24, 2.45) is 0 Å². The first-order valence-electron chi connectivity index (χ1n) is 5.47. The summed E-state index contributed by atoms with van der Waals surface area (Å²) in [5.41, 5.74) is 0. The van der Waals surface area contributed by atoms with Crippen LogP contribution in [0.25, 0.3) is 0 Å². The Balaban J connectivity index is 0.000000686. The summed E-state index contributed by atoms with van der Waals surface area (Å²) in [6.45, 7) is 4.00. The van der Waals surface area contributed by atoms with Crippen molar-refractivity contribution in [2.75, 3.05) is 0 Å². The second-order valence-corrected chi connectivity index (χ2v) is 4.90. The van der Waals surface area contributed by atoms with Gasteiger partial charge in [0, 0.05) is 33.2 Å². The van der Waals surface area contributed by atoms with Crippen LogP contribution in [0.3, 0.4) is 0 Å². The Morgan fingerprint density at radius 2 is 0.941 bits per heavy atom. The van der Waals surface area contributed by atoms with Crippen molar-refractivity contribution in [1.82, 2.24) is 0 Å². The van der Waals surface area contributed by atoms with Gasteiger partial charge in [-0.25, -0.2) is 0 Å². The maximum Gasteiger partial charge on any atom is 0.260 e. The highest BCUT2D eigenvalue weighted by Gasteiger charge is 2.01. The van der Waals surface area contributed by atoms with Crippen molar-refractivity contribution < 1.29 is 4.74 Å². The predicted molar refractivity (Wildman–Crippen MR) is 80.7 cm³/mol. The van der Waals surface area contributed by atoms with Crippen molar-refractivity contribution in [3.05, 3.63) is 57.5 Å². The van der Waals surface area contributed by atoms with Crippen molar-refractivity contribution in [2.45, 2.75) is 13.8 Å². The van der Waals surface area contributed by atoms with Gasteiger partial charge in [0.1, 0.15) is 0 Å². The molecule has 0 unspecified atom stereocenters. The lowest BCUT2D eigenvalue weighted by atomic mass is 10.3. The summed E-state index contributed by atoms with van der Waals surface area (Å²) in [7, 11) is 0. The minimum Gasteiger partial charge on any atom is -0.546 e. The lowest BCUT2D eigenvalue weighted by Gasteiger charge is -2.02. The normalized spacial score (nSPS) is 9.18. The third-order valence-electron chi connectivity index (χ3n) is 1.91. The van der Waals surface area contributed by atoms with Crippen LogP contribution in [-0.4, -0.2) is 4.74 Å². The summed E-state index contributed by atoms with van der Waals surface area (Å²) in [5.74, 6) is 1.92. The van der Waals surface area contributed by atoms with Crippen LogP contribution in [0.2, 0.25) is 0 Å². The minimum absolute atomic E-state index is 0.959. The largest absolute Gasteiger partial charge is 0.546 e. The molecule has 0 heterocycles. The number of rotatable bonds is 2. The zero-order chi connectivity index (χ0) is 12.7. The number of hydrogen-bond acceptors (Lipinski definition) is 0. The number of ether oxygens (including phenoxy) is 1. The second-order valence-electron chi connectivity index (χ2n) is 3.06. The summed E-state index contributed by atoms with van der Waals surface area (Å²) in [6.07, 6.45) is 0. The van der Waals surface area contributed by atoms with E-state index in [0.717, 1.165) is 20.4 Å². The fourth-order valence-electron chi connectivity index (χ4n) is 1.18. The molecule has 0 bridgehead atoms. The first-order chi connectivity index (χ1) is 8.24. The molecule has 0 fully saturated rings. The highest BCUT2D eigenvalue weighted by Crippen LogP contribution is 2.25. The third-order valence-corrected chi connectivity index (χ3v) is 2.97. The van der Waals surface area contributed by atoms with Gasteiger partial charge in [-0.05, 0) is 24.3 Å². The number of benzene rings is 2. The Morgan fingerprint density at radius 3 is 1.24 bits per heavy atom. The van der Waals surface area contributed by atoms with Crippen LogP contribution in [0.1, 0.15) is 13.8 Å². The van der Waals surface area contributed by atoms with Gasteiger partial charge >= 0.3 is 0 Å². The molecule has 0 saturated heterocycles. The zero-order valence-electron chi connectivity index (χ0n) is 9.82. The maximum atomic E-state index is 4.48. The van der Waals surface area contributed by atoms with E-state index in [1.54, 1.807) is 0 Å². The van der Waals surface area contributed by atoms with E-state index in [4.69, 9.17) is 0 Å². The van der Waals surface area contributed by atoms with Crippen LogP contribution in [0, 0.1) is 0 Å². The summed E-state index contributed by atoms with van der Waals surface area (Å²) in [4.78, 5) is 0. The first-order valence-corrected chi connectivity index (χ1v) is 7.05. The molecular weight excluding hydrogens is 344 g/mol. The quantitative estimate of drug-likeness (QED) is 0.593. The number of aromatic hydroxyl groups is 2. The Kier molecular flexibility index (Phi) is 6.30. The molecule has 2 aromatic carbocycles. The molecule has 0 atom stereocenters. The van der Waals surface area contributed by atoms with Crippen LogP contribution in [0.5, 0.6) is 11.5 Å². The van der Waals surface area contributed by atoms with E-state index in [1.165, 1.54) is 0 Å². The Bertz CT molecular complexity index is 391. The third kappa shape index (κ3) is 4.92. The van der Waals surface area contributed by atoms with Gasteiger partial charge in [0.15, 0.2) is 0 Å². The fourth-order valence-corrected chi connectivity index (χ4v) is 1.71. The van der Waals surface area contributed by atoms with E-state index in [-0.39, 0.29) is 0 Å². The molecule has 0 radical (unpaired) electrons. The number of halogens is 2. The fraction of sp³-hybridized carbons (Fsp3) is 0.143. The van der Waals surface area contributed by atoms with Gasteiger partial charge in [-0.2, -0.15) is 0 Å². The van der Waals surface area contributed by atoms with E-state index >= 15 is 0 Å². The van der Waals surface area contributed by atoms with Crippen molar-refractivity contribution in [3.63, 3.8) is 0 Å². The van der Waals surface area contributed by atoms with E-state index in [9.17, 15) is 0 Å². The topological polar surface area (TPSA) is 12.8 Å². The van der Waals surface area contributed by atoms with Crippen LogP contribution >= 0.6 is 31.9 Å². The SMILES string of the molecule is Brc1ccc([OH+]c2ccc(Br)cc2)cc1.CC. The zero-order valence-corrected chi connectivity index (χ0v) is 13.0. The van der Waals surface area contributed by atoms with Gasteiger partial charge < -0.3 is 4.74 Å². The van der Waals surface area contributed by atoms with Gasteiger partial charge in [-0.1, -0.05) is 45.7 Å². The van der Waals surface area contributed by atoms with Gasteiger partial charge in [0.05, 0.1) is 0 Å². The summed E-state index contributed by atoms with van der Waals surface area (Å²) in [5, 5.41) is 0. The molecule has 2 rings (SSSR count). The van der Waals surface area contributed by atoms with Gasteiger partial charge in [0.25, 0.3) is 11.5 Å². The van der Waals surface area contributed by atoms with Crippen molar-refractivity contribution >= 4 is 31.9 Å². The summed E-state index contributed by atoms with van der Waals surface area (Å²) >= 11 is 6.79. The molecule has 0 spiro atoms. The lowest BCUT2D eigenvalue weighted by molar-refractivity contribution is 0.199. The van der Waals surface area contributed by atoms with Crippen LogP contribution in [-0.2, 0) is 0 Å². The Morgan fingerprint density at radius 1 is 0.647 bits per heavy atom. The highest BCUT2D eigenvalue weighted by atomic mass is 79.9. The maximum absolute atomic E-state index is 4.48. The monoisotopic (exact) mass is 357 g/mol. The molecule has 2 aromatic rings. The van der Waals surface area contributed by atoms with Crippen LogP contribution in [0.15, 0.2) is 57.5 Å². The molecular formula is C14H15Br2O+. The van der Waals surface area contributed by atoms with E-state index < -0.39 is 0 Å². The minimum atomic E-state index is 0.959. The Labute approximate surface area is 119 Å². The molecule has 0 amide bonds. The van der Waals surface area contributed by atoms with Crippen LogP contribution < -0.4 is 0 Å². The molecule has 90 valence electrons. The second kappa shape index (κ2) is 7.51.